The summed E-state index contributed by atoms with van der Waals surface area (Å²) in [4.78, 5) is 16.2. The van der Waals surface area contributed by atoms with Gasteiger partial charge in [-0.2, -0.15) is 0 Å². The standard InChI is InChI=1S/C25H24N6O/c1-9-30(11-13-32-12-1)22-6-4-21(5-7-22)28-24-25-27-8-10-31(25)17-23(29-24)18-2-3-19-15-26-16-20(19)14-18/h2-8,10,14-15,17H,1,9,11-13,16H2,(H,28,29). The number of aromatic nitrogens is 3. The molecule has 2 aromatic carbocycles. The van der Waals surface area contributed by atoms with Crippen LogP contribution >= 0.6 is 0 Å². The molecule has 1 fully saturated rings. The molecule has 1 saturated heterocycles. The van der Waals surface area contributed by atoms with Crippen molar-refractivity contribution in [1.29, 1.82) is 0 Å². The van der Waals surface area contributed by atoms with E-state index in [1.165, 1.54) is 16.8 Å². The van der Waals surface area contributed by atoms with E-state index in [1.807, 2.05) is 23.0 Å². The van der Waals surface area contributed by atoms with Gasteiger partial charge in [0.25, 0.3) is 0 Å². The van der Waals surface area contributed by atoms with Gasteiger partial charge < -0.3 is 19.4 Å². The third kappa shape index (κ3) is 3.61. The minimum atomic E-state index is 0.733. The van der Waals surface area contributed by atoms with Crippen LogP contribution < -0.4 is 10.2 Å². The Balaban J connectivity index is 1.30. The number of hydrogen-bond acceptors (Lipinski definition) is 6. The Hall–Kier alpha value is -3.71. The van der Waals surface area contributed by atoms with Crippen LogP contribution in [-0.2, 0) is 11.3 Å². The number of aliphatic imine (C=N–C) groups is 1. The summed E-state index contributed by atoms with van der Waals surface area (Å²) in [5, 5.41) is 3.48. The molecule has 160 valence electrons. The molecule has 4 heterocycles. The molecule has 2 aromatic heterocycles. The second kappa shape index (κ2) is 8.09. The molecule has 0 aliphatic carbocycles. The van der Waals surface area contributed by atoms with Crippen LogP contribution in [-0.4, -0.2) is 46.9 Å². The fourth-order valence-electron chi connectivity index (χ4n) is 4.32. The number of fused-ring (bicyclic) bond motifs is 2. The van der Waals surface area contributed by atoms with Crippen LogP contribution in [0.15, 0.2) is 66.0 Å². The summed E-state index contributed by atoms with van der Waals surface area (Å²) >= 11 is 0. The van der Waals surface area contributed by atoms with E-state index in [0.29, 0.717) is 0 Å². The number of imidazole rings is 1. The molecule has 7 nitrogen and oxygen atoms in total. The lowest BCUT2D eigenvalue weighted by Crippen LogP contribution is -2.25. The highest BCUT2D eigenvalue weighted by Gasteiger charge is 2.14. The zero-order valence-electron chi connectivity index (χ0n) is 17.7. The summed E-state index contributed by atoms with van der Waals surface area (Å²) < 4.78 is 7.59. The SMILES string of the molecule is C1=NCc2cc(-c3cn4ccnc4c(Nc4ccc(N5CCCOCC5)cc4)n3)ccc21. The molecule has 32 heavy (non-hydrogen) atoms. The molecule has 0 radical (unpaired) electrons. The van der Waals surface area contributed by atoms with Gasteiger partial charge in [-0.3, -0.25) is 4.99 Å². The Morgan fingerprint density at radius 3 is 2.88 bits per heavy atom. The maximum absolute atomic E-state index is 5.58. The summed E-state index contributed by atoms with van der Waals surface area (Å²) in [5.41, 5.74) is 7.39. The minimum Gasteiger partial charge on any atom is -0.380 e. The summed E-state index contributed by atoms with van der Waals surface area (Å²) in [5.74, 6) is 0.736. The quantitative estimate of drug-likeness (QED) is 0.529. The smallest absolute Gasteiger partial charge is 0.180 e. The van der Waals surface area contributed by atoms with Crippen molar-refractivity contribution in [3.05, 3.63) is 72.2 Å². The number of ether oxygens (including phenoxy) is 1. The van der Waals surface area contributed by atoms with Gasteiger partial charge in [0.2, 0.25) is 0 Å². The number of nitrogens with zero attached hydrogens (tertiary/aromatic N) is 5. The first-order chi connectivity index (χ1) is 15.8. The monoisotopic (exact) mass is 424 g/mol. The number of anilines is 3. The average molecular weight is 425 g/mol. The zero-order chi connectivity index (χ0) is 21.3. The molecular formula is C25H24N6O. The van der Waals surface area contributed by atoms with Gasteiger partial charge in [-0.05, 0) is 47.9 Å². The molecule has 6 rings (SSSR count). The van der Waals surface area contributed by atoms with Crippen LogP contribution in [0.2, 0.25) is 0 Å². The van der Waals surface area contributed by atoms with Gasteiger partial charge in [0, 0.05) is 61.4 Å². The molecule has 0 atom stereocenters. The Morgan fingerprint density at radius 2 is 1.94 bits per heavy atom. The molecule has 0 spiro atoms. The summed E-state index contributed by atoms with van der Waals surface area (Å²) in [6.45, 7) is 4.31. The van der Waals surface area contributed by atoms with Gasteiger partial charge >= 0.3 is 0 Å². The Kier molecular flexibility index (Phi) is 4.81. The van der Waals surface area contributed by atoms with Crippen molar-refractivity contribution in [1.82, 2.24) is 14.4 Å². The van der Waals surface area contributed by atoms with Crippen LogP contribution in [0.4, 0.5) is 17.2 Å². The van der Waals surface area contributed by atoms with Crippen molar-refractivity contribution in [2.24, 2.45) is 4.99 Å². The van der Waals surface area contributed by atoms with Crippen molar-refractivity contribution in [2.75, 3.05) is 36.5 Å². The van der Waals surface area contributed by atoms with Crippen molar-refractivity contribution in [3.63, 3.8) is 0 Å². The van der Waals surface area contributed by atoms with Crippen LogP contribution in [0.1, 0.15) is 17.5 Å². The van der Waals surface area contributed by atoms with E-state index in [-0.39, 0.29) is 0 Å². The van der Waals surface area contributed by atoms with Crippen LogP contribution in [0.3, 0.4) is 0 Å². The maximum Gasteiger partial charge on any atom is 0.180 e. The highest BCUT2D eigenvalue weighted by molar-refractivity contribution is 5.86. The van der Waals surface area contributed by atoms with Crippen LogP contribution in [0.25, 0.3) is 16.9 Å². The highest BCUT2D eigenvalue weighted by Crippen LogP contribution is 2.28. The second-order valence-corrected chi connectivity index (χ2v) is 8.14. The normalized spacial score (nSPS) is 15.7. The lowest BCUT2D eigenvalue weighted by atomic mass is 10.0. The average Bonchev–Trinajstić information content (AvgIpc) is 3.42. The maximum atomic E-state index is 5.58. The zero-order valence-corrected chi connectivity index (χ0v) is 17.7. The predicted molar refractivity (Wildman–Crippen MR) is 127 cm³/mol. The predicted octanol–water partition coefficient (Wildman–Crippen LogP) is 4.30. The van der Waals surface area contributed by atoms with Crippen molar-refractivity contribution in [3.8, 4) is 11.3 Å². The topological polar surface area (TPSA) is 67.0 Å². The molecule has 1 N–H and O–H groups in total. The fourth-order valence-corrected chi connectivity index (χ4v) is 4.32. The number of rotatable bonds is 4. The third-order valence-electron chi connectivity index (χ3n) is 6.02. The Morgan fingerprint density at radius 1 is 1.00 bits per heavy atom. The minimum absolute atomic E-state index is 0.733. The number of benzene rings is 2. The molecule has 0 amide bonds. The van der Waals surface area contributed by atoms with E-state index < -0.39 is 0 Å². The van der Waals surface area contributed by atoms with Gasteiger partial charge in [0.15, 0.2) is 11.5 Å². The largest absolute Gasteiger partial charge is 0.380 e. The molecular weight excluding hydrogens is 400 g/mol. The van der Waals surface area contributed by atoms with E-state index in [2.05, 4.69) is 62.7 Å². The van der Waals surface area contributed by atoms with Crippen molar-refractivity contribution < 1.29 is 4.74 Å². The van der Waals surface area contributed by atoms with E-state index in [4.69, 9.17) is 9.72 Å². The molecule has 2 aliphatic rings. The van der Waals surface area contributed by atoms with E-state index in [9.17, 15) is 0 Å². The molecule has 0 bridgehead atoms. The first-order valence-electron chi connectivity index (χ1n) is 11.0. The fraction of sp³-hybridized carbons (Fsp3) is 0.240. The molecule has 2 aliphatic heterocycles. The summed E-state index contributed by atoms with van der Waals surface area (Å²) in [7, 11) is 0. The first-order valence-corrected chi connectivity index (χ1v) is 11.0. The molecule has 0 saturated carbocycles. The summed E-state index contributed by atoms with van der Waals surface area (Å²) in [6.07, 6.45) is 8.76. The summed E-state index contributed by atoms with van der Waals surface area (Å²) in [6, 6.07) is 14.9. The number of nitrogens with one attached hydrogen (secondary N) is 1. The Labute approximate surface area is 186 Å². The van der Waals surface area contributed by atoms with Crippen LogP contribution in [0.5, 0.6) is 0 Å². The molecule has 7 heteroatoms. The first kappa shape index (κ1) is 19.0. The molecule has 4 aromatic rings. The third-order valence-corrected chi connectivity index (χ3v) is 6.02. The van der Waals surface area contributed by atoms with E-state index >= 15 is 0 Å². The van der Waals surface area contributed by atoms with Gasteiger partial charge in [0.1, 0.15) is 0 Å². The van der Waals surface area contributed by atoms with Crippen molar-refractivity contribution >= 4 is 29.1 Å². The van der Waals surface area contributed by atoms with Gasteiger partial charge in [-0.25, -0.2) is 9.97 Å². The lowest BCUT2D eigenvalue weighted by Gasteiger charge is -2.22. The second-order valence-electron chi connectivity index (χ2n) is 8.14. The highest BCUT2D eigenvalue weighted by atomic mass is 16.5. The Bertz CT molecular complexity index is 1290. The van der Waals surface area contributed by atoms with Gasteiger partial charge in [-0.15, -0.1) is 0 Å². The van der Waals surface area contributed by atoms with E-state index in [0.717, 1.165) is 67.7 Å². The van der Waals surface area contributed by atoms with Crippen molar-refractivity contribution in [2.45, 2.75) is 13.0 Å². The van der Waals surface area contributed by atoms with Gasteiger partial charge in [-0.1, -0.05) is 12.1 Å². The van der Waals surface area contributed by atoms with Gasteiger partial charge in [0.05, 0.1) is 18.8 Å². The number of hydrogen-bond donors (Lipinski definition) is 1. The van der Waals surface area contributed by atoms with E-state index in [1.54, 1.807) is 6.20 Å². The lowest BCUT2D eigenvalue weighted by molar-refractivity contribution is 0.152. The van der Waals surface area contributed by atoms with Crippen LogP contribution in [0, 0.1) is 0 Å². The molecule has 0 unspecified atom stereocenters.